The molecule has 4 nitrogen and oxygen atoms in total. The molecule has 2 N–H and O–H groups in total. The maximum atomic E-state index is 12.0. The summed E-state index contributed by atoms with van der Waals surface area (Å²) >= 11 is 1.99. The molecule has 0 aromatic rings. The second-order valence-electron chi connectivity index (χ2n) is 6.47. The van der Waals surface area contributed by atoms with Crippen molar-refractivity contribution >= 4 is 21.6 Å². The van der Waals surface area contributed by atoms with Gasteiger partial charge in [0.2, 0.25) is 0 Å². The quantitative estimate of drug-likeness (QED) is 0.828. The lowest BCUT2D eigenvalue weighted by molar-refractivity contribution is 0.106. The summed E-state index contributed by atoms with van der Waals surface area (Å²) in [7, 11) is -2.92. The molecule has 0 aromatic heterocycles. The van der Waals surface area contributed by atoms with Crippen molar-refractivity contribution in [2.75, 3.05) is 36.9 Å². The molecule has 19 heavy (non-hydrogen) atoms. The van der Waals surface area contributed by atoms with Crippen LogP contribution >= 0.6 is 11.8 Å². The molecular formula is C13H26N2O2S2. The third-order valence-electron chi connectivity index (χ3n) is 4.47. The number of hydrogen-bond donors (Lipinski definition) is 1. The topological polar surface area (TPSA) is 63.4 Å². The Kier molecular flexibility index (Phi) is 4.55. The molecule has 0 aromatic carbocycles. The van der Waals surface area contributed by atoms with Crippen LogP contribution in [0.2, 0.25) is 0 Å². The molecule has 0 saturated carbocycles. The molecule has 0 aliphatic carbocycles. The van der Waals surface area contributed by atoms with Gasteiger partial charge in [0.1, 0.15) is 0 Å². The highest BCUT2D eigenvalue weighted by atomic mass is 32.2. The second-order valence-corrected chi connectivity index (χ2v) is 10.5. The average molecular weight is 306 g/mol. The summed E-state index contributed by atoms with van der Waals surface area (Å²) in [6, 6.07) is 0. The monoisotopic (exact) mass is 306 g/mol. The highest BCUT2D eigenvalue weighted by molar-refractivity contribution is 8.00. The maximum absolute atomic E-state index is 12.0. The Bertz CT molecular complexity index is 422. The molecule has 0 amide bonds. The van der Waals surface area contributed by atoms with Crippen LogP contribution < -0.4 is 5.73 Å². The molecule has 2 rings (SSSR count). The normalized spacial score (nSPS) is 35.7. The van der Waals surface area contributed by atoms with Gasteiger partial charge < -0.3 is 5.73 Å². The van der Waals surface area contributed by atoms with Gasteiger partial charge in [-0.05, 0) is 19.3 Å². The molecule has 6 heteroatoms. The van der Waals surface area contributed by atoms with Crippen molar-refractivity contribution in [3.8, 4) is 0 Å². The zero-order valence-corrected chi connectivity index (χ0v) is 13.7. The molecule has 0 bridgehead atoms. The van der Waals surface area contributed by atoms with Gasteiger partial charge in [-0.25, -0.2) is 8.42 Å². The molecule has 2 aliphatic rings. The Morgan fingerprint density at radius 2 is 2.00 bits per heavy atom. The molecule has 1 atom stereocenters. The second kappa shape index (κ2) is 5.54. The number of thioether (sulfide) groups is 1. The van der Waals surface area contributed by atoms with Gasteiger partial charge >= 0.3 is 0 Å². The van der Waals surface area contributed by atoms with Crippen LogP contribution in [0.25, 0.3) is 0 Å². The van der Waals surface area contributed by atoms with Gasteiger partial charge in [0.05, 0.1) is 11.5 Å². The summed E-state index contributed by atoms with van der Waals surface area (Å²) in [6.45, 7) is 6.92. The van der Waals surface area contributed by atoms with Crippen LogP contribution in [0.1, 0.15) is 33.1 Å². The first kappa shape index (κ1) is 15.6. The molecule has 2 heterocycles. The van der Waals surface area contributed by atoms with Gasteiger partial charge in [-0.1, -0.05) is 13.8 Å². The van der Waals surface area contributed by atoms with Gasteiger partial charge in [0.15, 0.2) is 9.84 Å². The van der Waals surface area contributed by atoms with E-state index in [4.69, 9.17) is 5.73 Å². The predicted molar refractivity (Wildman–Crippen MR) is 82.4 cm³/mol. The van der Waals surface area contributed by atoms with Crippen molar-refractivity contribution in [3.05, 3.63) is 0 Å². The summed E-state index contributed by atoms with van der Waals surface area (Å²) in [4.78, 5) is 2.37. The number of rotatable bonds is 2. The van der Waals surface area contributed by atoms with E-state index in [1.807, 2.05) is 11.8 Å². The van der Waals surface area contributed by atoms with Crippen molar-refractivity contribution in [2.24, 2.45) is 5.73 Å². The lowest BCUT2D eigenvalue weighted by Crippen LogP contribution is -2.60. The van der Waals surface area contributed by atoms with Crippen LogP contribution in [0, 0.1) is 0 Å². The van der Waals surface area contributed by atoms with Gasteiger partial charge in [-0.3, -0.25) is 4.90 Å². The molecule has 2 aliphatic heterocycles. The van der Waals surface area contributed by atoms with Gasteiger partial charge in [-0.15, -0.1) is 0 Å². The summed E-state index contributed by atoms with van der Waals surface area (Å²) in [5.74, 6) is 1.65. The largest absolute Gasteiger partial charge is 0.329 e. The zero-order valence-electron chi connectivity index (χ0n) is 12.0. The van der Waals surface area contributed by atoms with E-state index >= 15 is 0 Å². The fourth-order valence-corrected chi connectivity index (χ4v) is 6.30. The Labute approximate surface area is 121 Å². The Morgan fingerprint density at radius 1 is 1.26 bits per heavy atom. The van der Waals surface area contributed by atoms with Gasteiger partial charge in [0, 0.05) is 35.7 Å². The summed E-state index contributed by atoms with van der Waals surface area (Å²) < 4.78 is 24.3. The predicted octanol–water partition coefficient (Wildman–Crippen LogP) is 1.11. The Hall–Kier alpha value is 0.220. The maximum Gasteiger partial charge on any atom is 0.152 e. The van der Waals surface area contributed by atoms with E-state index in [0.717, 1.165) is 38.1 Å². The Balaban J connectivity index is 2.17. The SMILES string of the molecule is CC1(C)CCN(C2(CN)CCCS(=O)(=O)C2)CCS1. The van der Waals surface area contributed by atoms with Gasteiger partial charge in [-0.2, -0.15) is 11.8 Å². The van der Waals surface area contributed by atoms with Crippen LogP contribution in [0.5, 0.6) is 0 Å². The van der Waals surface area contributed by atoms with E-state index in [9.17, 15) is 8.42 Å². The number of hydrogen-bond acceptors (Lipinski definition) is 5. The standard InChI is InChI=1S/C13H26N2O2S2/c1-12(2)5-6-15(7-8-18-12)13(10-14)4-3-9-19(16,17)11-13/h3-11,14H2,1-2H3. The molecule has 112 valence electrons. The third-order valence-corrected chi connectivity index (χ3v) is 7.73. The molecule has 0 radical (unpaired) electrons. The summed E-state index contributed by atoms with van der Waals surface area (Å²) in [5.41, 5.74) is 5.69. The molecular weight excluding hydrogens is 280 g/mol. The zero-order chi connectivity index (χ0) is 14.1. The van der Waals surface area contributed by atoms with Crippen molar-refractivity contribution < 1.29 is 8.42 Å². The fourth-order valence-electron chi connectivity index (χ4n) is 3.21. The molecule has 0 spiro atoms. The van der Waals surface area contributed by atoms with E-state index in [-0.39, 0.29) is 16.0 Å². The van der Waals surface area contributed by atoms with Crippen LogP contribution in [0.15, 0.2) is 0 Å². The average Bonchev–Trinajstić information content (AvgIpc) is 2.49. The van der Waals surface area contributed by atoms with Crippen molar-refractivity contribution in [1.82, 2.24) is 4.90 Å². The highest BCUT2D eigenvalue weighted by Crippen LogP contribution is 2.35. The van der Waals surface area contributed by atoms with Crippen LogP contribution in [0.3, 0.4) is 0 Å². The van der Waals surface area contributed by atoms with E-state index in [2.05, 4.69) is 18.7 Å². The lowest BCUT2D eigenvalue weighted by Gasteiger charge is -2.45. The van der Waals surface area contributed by atoms with E-state index in [1.165, 1.54) is 0 Å². The first-order valence-electron chi connectivity index (χ1n) is 7.08. The van der Waals surface area contributed by atoms with Gasteiger partial charge in [0.25, 0.3) is 0 Å². The smallest absolute Gasteiger partial charge is 0.152 e. The van der Waals surface area contributed by atoms with Crippen molar-refractivity contribution in [3.63, 3.8) is 0 Å². The van der Waals surface area contributed by atoms with Crippen molar-refractivity contribution in [1.29, 1.82) is 0 Å². The first-order valence-corrected chi connectivity index (χ1v) is 9.89. The van der Waals surface area contributed by atoms with E-state index in [0.29, 0.717) is 12.3 Å². The van der Waals surface area contributed by atoms with Crippen molar-refractivity contribution in [2.45, 2.75) is 43.4 Å². The number of nitrogens with two attached hydrogens (primary N) is 1. The molecule has 2 saturated heterocycles. The van der Waals surface area contributed by atoms with Crippen LogP contribution in [0.4, 0.5) is 0 Å². The number of nitrogens with zero attached hydrogens (tertiary/aromatic N) is 1. The van der Waals surface area contributed by atoms with E-state index < -0.39 is 9.84 Å². The third kappa shape index (κ3) is 3.65. The molecule has 2 fully saturated rings. The Morgan fingerprint density at radius 3 is 2.63 bits per heavy atom. The van der Waals surface area contributed by atoms with Crippen LogP contribution in [-0.2, 0) is 9.84 Å². The highest BCUT2D eigenvalue weighted by Gasteiger charge is 2.43. The fraction of sp³-hybridized carbons (Fsp3) is 1.00. The lowest BCUT2D eigenvalue weighted by atomic mass is 9.92. The minimum atomic E-state index is -2.92. The number of sulfone groups is 1. The minimum Gasteiger partial charge on any atom is -0.329 e. The minimum absolute atomic E-state index is 0.252. The first-order chi connectivity index (χ1) is 8.79. The summed E-state index contributed by atoms with van der Waals surface area (Å²) in [6.07, 6.45) is 2.78. The van der Waals surface area contributed by atoms with Crippen LogP contribution in [-0.4, -0.2) is 60.5 Å². The van der Waals surface area contributed by atoms with E-state index in [1.54, 1.807) is 0 Å². The summed E-state index contributed by atoms with van der Waals surface area (Å²) in [5, 5.41) is 0. The molecule has 1 unspecified atom stereocenters.